The maximum Gasteiger partial charge on any atom is 0.404 e. The summed E-state index contributed by atoms with van der Waals surface area (Å²) in [5, 5.41) is 2.94. The zero-order valence-corrected chi connectivity index (χ0v) is 5.12. The van der Waals surface area contributed by atoms with E-state index >= 15 is 0 Å². The lowest BCUT2D eigenvalue weighted by atomic mass is 9.74. The second kappa shape index (κ2) is 2.69. The highest BCUT2D eigenvalue weighted by atomic mass is 15.5. The van der Waals surface area contributed by atoms with Crippen molar-refractivity contribution in [1.82, 2.24) is 14.8 Å². The Morgan fingerprint density at radius 1 is 1.22 bits per heavy atom. The van der Waals surface area contributed by atoms with Gasteiger partial charge in [0, 0.05) is 0 Å². The molecule has 0 amide bonds. The SMILES string of the molecule is NB1N(N)BNBN1N. The van der Waals surface area contributed by atoms with Gasteiger partial charge in [-0.25, -0.2) is 0 Å². The Balaban J connectivity index is 2.41. The number of hydrogen-bond acceptors (Lipinski definition) is 6. The van der Waals surface area contributed by atoms with Gasteiger partial charge in [-0.2, -0.15) is 0 Å². The molecule has 1 saturated heterocycles. The minimum Gasteiger partial charge on any atom is -0.376 e. The summed E-state index contributed by atoms with van der Waals surface area (Å²) in [4.78, 5) is 2.84. The van der Waals surface area contributed by atoms with E-state index in [1.165, 1.54) is 9.66 Å². The minimum absolute atomic E-state index is 0.369. The Morgan fingerprint density at radius 3 is 2.00 bits per heavy atom. The van der Waals surface area contributed by atoms with Crippen LogP contribution in [-0.4, -0.2) is 31.9 Å². The van der Waals surface area contributed by atoms with E-state index in [4.69, 9.17) is 17.3 Å². The van der Waals surface area contributed by atoms with Gasteiger partial charge in [-0.3, -0.25) is 21.3 Å². The molecule has 0 spiro atoms. The van der Waals surface area contributed by atoms with Gasteiger partial charge < -0.3 is 10.8 Å². The smallest absolute Gasteiger partial charge is 0.376 e. The third-order valence-electron chi connectivity index (χ3n) is 1.27. The molecular weight excluding hydrogens is 116 g/mol. The highest BCUT2D eigenvalue weighted by Gasteiger charge is 2.27. The standard InChI is InChI=1S/B3H9N6/c4-3-8(5)1-7-2-9(3)6/h1-2,7H,4-6H2. The Kier molecular flexibility index (Phi) is 2.11. The number of hydrazine groups is 2. The van der Waals surface area contributed by atoms with Crippen molar-refractivity contribution < 1.29 is 0 Å². The van der Waals surface area contributed by atoms with Crippen LogP contribution in [0.5, 0.6) is 0 Å². The molecule has 1 heterocycles. The molecule has 0 aromatic rings. The van der Waals surface area contributed by atoms with Crippen molar-refractivity contribution >= 4 is 22.2 Å². The topological polar surface area (TPSA) is 96.6 Å². The second-order valence-electron chi connectivity index (χ2n) is 2.01. The fourth-order valence-corrected chi connectivity index (χ4v) is 0.686. The molecule has 0 bridgehead atoms. The van der Waals surface area contributed by atoms with Gasteiger partial charge in [0.05, 0.1) is 0 Å². The Labute approximate surface area is 55.4 Å². The summed E-state index contributed by atoms with van der Waals surface area (Å²) >= 11 is 0. The predicted octanol–water partition coefficient (Wildman–Crippen LogP) is -4.58. The van der Waals surface area contributed by atoms with Gasteiger partial charge in [-0.1, -0.05) is 0 Å². The van der Waals surface area contributed by atoms with Gasteiger partial charge in [-0.15, -0.1) is 0 Å². The molecule has 0 unspecified atom stereocenters. The minimum atomic E-state index is -0.369. The lowest BCUT2D eigenvalue weighted by Crippen LogP contribution is -2.74. The van der Waals surface area contributed by atoms with Crippen LogP contribution in [0.4, 0.5) is 0 Å². The maximum atomic E-state index is 5.48. The Morgan fingerprint density at radius 2 is 1.67 bits per heavy atom. The van der Waals surface area contributed by atoms with E-state index in [1.807, 2.05) is 0 Å². The molecular formula is H9B3N6. The maximum absolute atomic E-state index is 5.48. The molecule has 1 rings (SSSR count). The van der Waals surface area contributed by atoms with Crippen molar-refractivity contribution in [2.24, 2.45) is 17.3 Å². The average molecular weight is 126 g/mol. The summed E-state index contributed by atoms with van der Waals surface area (Å²) in [6.07, 6.45) is 0. The van der Waals surface area contributed by atoms with E-state index in [9.17, 15) is 0 Å². The Hall–Kier alpha value is -0.0452. The van der Waals surface area contributed by atoms with Gasteiger partial charge in [0.1, 0.15) is 0 Å². The summed E-state index contributed by atoms with van der Waals surface area (Å²) in [5.74, 6) is 10.8. The van der Waals surface area contributed by atoms with Crippen LogP contribution in [0.1, 0.15) is 0 Å². The van der Waals surface area contributed by atoms with E-state index in [2.05, 4.69) is 5.14 Å². The van der Waals surface area contributed by atoms with Crippen LogP contribution in [-0.2, 0) is 0 Å². The molecule has 0 aromatic heterocycles. The molecule has 9 heteroatoms. The van der Waals surface area contributed by atoms with Crippen LogP contribution < -0.4 is 22.5 Å². The number of rotatable bonds is 0. The van der Waals surface area contributed by atoms with Crippen molar-refractivity contribution in [2.75, 3.05) is 0 Å². The molecule has 0 aromatic carbocycles. The van der Waals surface area contributed by atoms with E-state index < -0.39 is 0 Å². The largest absolute Gasteiger partial charge is 0.404 e. The van der Waals surface area contributed by atoms with Gasteiger partial charge in [0.15, 0.2) is 0 Å². The molecule has 9 heavy (non-hydrogen) atoms. The van der Waals surface area contributed by atoms with E-state index in [1.54, 1.807) is 0 Å². The first-order valence-corrected chi connectivity index (χ1v) is 2.71. The monoisotopic (exact) mass is 126 g/mol. The Bertz CT molecular complexity index is 84.3. The molecule has 0 radical (unpaired) electrons. The van der Waals surface area contributed by atoms with Crippen molar-refractivity contribution in [2.45, 2.75) is 0 Å². The van der Waals surface area contributed by atoms with Crippen LogP contribution in [0.25, 0.3) is 0 Å². The summed E-state index contributed by atoms with van der Waals surface area (Å²) in [6, 6.07) is 0. The first kappa shape index (κ1) is 7.07. The van der Waals surface area contributed by atoms with Gasteiger partial charge in [-0.05, 0) is 0 Å². The lowest BCUT2D eigenvalue weighted by molar-refractivity contribution is 0.564. The van der Waals surface area contributed by atoms with E-state index in [-0.39, 0.29) is 7.12 Å². The van der Waals surface area contributed by atoms with Crippen LogP contribution >= 0.6 is 0 Å². The van der Waals surface area contributed by atoms with Gasteiger partial charge >= 0.3 is 7.12 Å². The number of nitrogens with one attached hydrogen (secondary N) is 1. The first-order chi connectivity index (χ1) is 4.22. The molecule has 1 aliphatic heterocycles. The van der Waals surface area contributed by atoms with Gasteiger partial charge in [0.2, 0.25) is 0 Å². The molecule has 7 N–H and O–H groups in total. The van der Waals surface area contributed by atoms with E-state index in [0.717, 1.165) is 0 Å². The molecule has 48 valence electrons. The zero-order chi connectivity index (χ0) is 6.85. The summed E-state index contributed by atoms with van der Waals surface area (Å²) in [7, 11) is 0.787. The molecule has 6 nitrogen and oxygen atoms in total. The third kappa shape index (κ3) is 1.45. The zero-order valence-electron chi connectivity index (χ0n) is 5.12. The third-order valence-corrected chi connectivity index (χ3v) is 1.27. The number of nitrogens with two attached hydrogens (primary N) is 3. The number of nitrogens with zero attached hydrogens (tertiary/aromatic N) is 2. The van der Waals surface area contributed by atoms with Crippen LogP contribution in [0, 0.1) is 0 Å². The molecule has 0 aliphatic carbocycles. The molecule has 0 saturated carbocycles. The molecule has 1 fully saturated rings. The van der Waals surface area contributed by atoms with E-state index in [0.29, 0.717) is 15.1 Å². The van der Waals surface area contributed by atoms with Crippen LogP contribution in [0.15, 0.2) is 0 Å². The molecule has 0 atom stereocenters. The van der Waals surface area contributed by atoms with Crippen molar-refractivity contribution in [3.63, 3.8) is 0 Å². The highest BCUT2D eigenvalue weighted by Crippen LogP contribution is 1.83. The summed E-state index contributed by atoms with van der Waals surface area (Å²) in [5.41, 5.74) is 5.48. The summed E-state index contributed by atoms with van der Waals surface area (Å²) in [6.45, 7) is 0. The average Bonchev–Trinajstić information content (AvgIpc) is 1.83. The fourth-order valence-electron chi connectivity index (χ4n) is 0.686. The van der Waals surface area contributed by atoms with Crippen LogP contribution in [0.2, 0.25) is 0 Å². The predicted molar refractivity (Wildman–Crippen MR) is 39.4 cm³/mol. The van der Waals surface area contributed by atoms with Crippen molar-refractivity contribution in [1.29, 1.82) is 0 Å². The van der Waals surface area contributed by atoms with Crippen molar-refractivity contribution in [3.05, 3.63) is 0 Å². The van der Waals surface area contributed by atoms with Crippen molar-refractivity contribution in [3.8, 4) is 0 Å². The second-order valence-corrected chi connectivity index (χ2v) is 2.01. The van der Waals surface area contributed by atoms with Crippen LogP contribution in [0.3, 0.4) is 0 Å². The first-order valence-electron chi connectivity index (χ1n) is 2.71. The van der Waals surface area contributed by atoms with Gasteiger partial charge in [0.25, 0.3) is 15.1 Å². The molecule has 1 aliphatic rings. The fraction of sp³-hybridized carbons (Fsp3) is 0. The normalized spacial score (nSPS) is 23.2. The lowest BCUT2D eigenvalue weighted by Gasteiger charge is -2.32. The quantitative estimate of drug-likeness (QED) is 0.192. The highest BCUT2D eigenvalue weighted by molar-refractivity contribution is 6.72. The number of hydrogen-bond donors (Lipinski definition) is 4. The summed E-state index contributed by atoms with van der Waals surface area (Å²) < 4.78 is 0.